The molecule has 0 aliphatic heterocycles. The molecule has 2 N–H and O–H groups in total. The molecule has 27 heavy (non-hydrogen) atoms. The van der Waals surface area contributed by atoms with Crippen LogP contribution in [-0.4, -0.2) is 18.0 Å². The molecule has 1 aromatic heterocycles. The van der Waals surface area contributed by atoms with E-state index in [0.29, 0.717) is 25.2 Å². The lowest BCUT2D eigenvalue weighted by atomic mass is 10.1. The Labute approximate surface area is 159 Å². The van der Waals surface area contributed by atoms with E-state index in [0.717, 1.165) is 22.6 Å². The number of methoxy groups -OCH3 is 1. The van der Waals surface area contributed by atoms with E-state index in [1.165, 1.54) is 0 Å². The summed E-state index contributed by atoms with van der Waals surface area (Å²) < 4.78 is 5.35. The molecule has 2 aromatic carbocycles. The number of aromatic nitrogens is 1. The minimum atomic E-state index is -0.0407. The molecule has 3 rings (SSSR count). The third-order valence-corrected chi connectivity index (χ3v) is 4.19. The topological polar surface area (TPSA) is 63.2 Å². The van der Waals surface area contributed by atoms with Gasteiger partial charge < -0.3 is 15.4 Å². The average molecular weight is 361 g/mol. The fourth-order valence-corrected chi connectivity index (χ4v) is 2.73. The molecular weight excluding hydrogens is 338 g/mol. The largest absolute Gasteiger partial charge is 0.496 e. The monoisotopic (exact) mass is 361 g/mol. The lowest BCUT2D eigenvalue weighted by Crippen LogP contribution is -2.13. The van der Waals surface area contributed by atoms with Crippen LogP contribution in [0.4, 0.5) is 11.5 Å². The standard InChI is InChI=1S/C22H23N3O2/c1-27-20-10-6-5-9-18(20)15-23-19-12-13-21(24-16-19)25-22(26)14-11-17-7-3-2-4-8-17/h2-10,12-13,16,23H,11,14-15H2,1H3,(H,24,25,26). The van der Waals surface area contributed by atoms with Gasteiger partial charge in [-0.1, -0.05) is 48.5 Å². The zero-order valence-electron chi connectivity index (χ0n) is 15.3. The lowest BCUT2D eigenvalue weighted by Gasteiger charge is -2.11. The van der Waals surface area contributed by atoms with Gasteiger partial charge in [0.15, 0.2) is 0 Å². The number of rotatable bonds is 8. The van der Waals surface area contributed by atoms with Crippen molar-refractivity contribution in [2.24, 2.45) is 0 Å². The molecule has 0 fully saturated rings. The normalized spacial score (nSPS) is 10.3. The minimum Gasteiger partial charge on any atom is -0.496 e. The quantitative estimate of drug-likeness (QED) is 0.629. The molecular formula is C22H23N3O2. The Hall–Kier alpha value is -3.34. The van der Waals surface area contributed by atoms with E-state index in [2.05, 4.69) is 15.6 Å². The van der Waals surface area contributed by atoms with Crippen LogP contribution < -0.4 is 15.4 Å². The van der Waals surface area contributed by atoms with Crippen molar-refractivity contribution in [1.82, 2.24) is 4.98 Å². The van der Waals surface area contributed by atoms with Gasteiger partial charge in [0.25, 0.3) is 0 Å². The Bertz CT molecular complexity index is 864. The van der Waals surface area contributed by atoms with Gasteiger partial charge in [-0.3, -0.25) is 4.79 Å². The van der Waals surface area contributed by atoms with Gasteiger partial charge in [-0.05, 0) is 30.2 Å². The molecule has 3 aromatic rings. The van der Waals surface area contributed by atoms with Crippen LogP contribution in [0.2, 0.25) is 0 Å². The van der Waals surface area contributed by atoms with E-state index < -0.39 is 0 Å². The lowest BCUT2D eigenvalue weighted by molar-refractivity contribution is -0.116. The summed E-state index contributed by atoms with van der Waals surface area (Å²) in [6.45, 7) is 0.633. The Morgan fingerprint density at radius 2 is 1.78 bits per heavy atom. The maximum absolute atomic E-state index is 12.1. The summed E-state index contributed by atoms with van der Waals surface area (Å²) >= 11 is 0. The molecule has 0 aliphatic rings. The number of nitrogens with one attached hydrogen (secondary N) is 2. The van der Waals surface area contributed by atoms with Crippen LogP contribution in [0.15, 0.2) is 72.9 Å². The van der Waals surface area contributed by atoms with Crippen LogP contribution in [0, 0.1) is 0 Å². The number of carbonyl (C=O) groups is 1. The van der Waals surface area contributed by atoms with Gasteiger partial charge in [0.1, 0.15) is 11.6 Å². The number of hydrogen-bond donors (Lipinski definition) is 2. The summed E-state index contributed by atoms with van der Waals surface area (Å²) in [5.41, 5.74) is 3.10. The molecule has 1 heterocycles. The van der Waals surface area contributed by atoms with Gasteiger partial charge in [0, 0.05) is 18.5 Å². The van der Waals surface area contributed by atoms with Crippen LogP contribution >= 0.6 is 0 Å². The van der Waals surface area contributed by atoms with Crippen LogP contribution in [0.25, 0.3) is 0 Å². The molecule has 5 heteroatoms. The van der Waals surface area contributed by atoms with Crippen LogP contribution in [0.5, 0.6) is 5.75 Å². The van der Waals surface area contributed by atoms with Crippen molar-refractivity contribution < 1.29 is 9.53 Å². The van der Waals surface area contributed by atoms with Crippen LogP contribution in [0.1, 0.15) is 17.5 Å². The van der Waals surface area contributed by atoms with Crippen molar-refractivity contribution in [2.75, 3.05) is 17.7 Å². The third-order valence-electron chi connectivity index (χ3n) is 4.19. The van der Waals surface area contributed by atoms with Crippen molar-refractivity contribution in [3.05, 3.63) is 84.1 Å². The Morgan fingerprint density at radius 3 is 2.52 bits per heavy atom. The highest BCUT2D eigenvalue weighted by Crippen LogP contribution is 2.19. The molecule has 0 atom stereocenters. The summed E-state index contributed by atoms with van der Waals surface area (Å²) in [6.07, 6.45) is 2.85. The number of amides is 1. The second kappa shape index (κ2) is 9.38. The first kappa shape index (κ1) is 18.5. The number of pyridine rings is 1. The highest BCUT2D eigenvalue weighted by molar-refractivity contribution is 5.89. The summed E-state index contributed by atoms with van der Waals surface area (Å²) in [5, 5.41) is 6.14. The van der Waals surface area contributed by atoms with E-state index >= 15 is 0 Å². The molecule has 0 spiro atoms. The number of para-hydroxylation sites is 1. The number of ether oxygens (including phenoxy) is 1. The SMILES string of the molecule is COc1ccccc1CNc1ccc(NC(=O)CCc2ccccc2)nc1. The maximum atomic E-state index is 12.1. The van der Waals surface area contributed by atoms with Gasteiger partial charge in [-0.25, -0.2) is 4.98 Å². The first-order valence-corrected chi connectivity index (χ1v) is 8.90. The van der Waals surface area contributed by atoms with Gasteiger partial charge in [-0.15, -0.1) is 0 Å². The second-order valence-electron chi connectivity index (χ2n) is 6.13. The minimum absolute atomic E-state index is 0.0407. The predicted molar refractivity (Wildman–Crippen MR) is 108 cm³/mol. The molecule has 1 amide bonds. The molecule has 138 valence electrons. The number of hydrogen-bond acceptors (Lipinski definition) is 4. The highest BCUT2D eigenvalue weighted by atomic mass is 16.5. The zero-order chi connectivity index (χ0) is 18.9. The molecule has 0 bridgehead atoms. The van der Waals surface area contributed by atoms with E-state index in [4.69, 9.17) is 4.74 Å². The number of carbonyl (C=O) groups excluding carboxylic acids is 1. The first-order valence-electron chi connectivity index (χ1n) is 8.90. The van der Waals surface area contributed by atoms with Crippen molar-refractivity contribution in [3.63, 3.8) is 0 Å². The summed E-state index contributed by atoms with van der Waals surface area (Å²) in [6, 6.07) is 21.5. The van der Waals surface area contributed by atoms with Crippen molar-refractivity contribution in [3.8, 4) is 5.75 Å². The fourth-order valence-electron chi connectivity index (χ4n) is 2.73. The molecule has 0 saturated carbocycles. The summed E-state index contributed by atoms with van der Waals surface area (Å²) in [7, 11) is 1.66. The van der Waals surface area contributed by atoms with Crippen molar-refractivity contribution >= 4 is 17.4 Å². The van der Waals surface area contributed by atoms with Gasteiger partial charge in [0.2, 0.25) is 5.91 Å². The summed E-state index contributed by atoms with van der Waals surface area (Å²) in [5.74, 6) is 1.36. The fraction of sp³-hybridized carbons (Fsp3) is 0.182. The van der Waals surface area contributed by atoms with Gasteiger partial charge in [-0.2, -0.15) is 0 Å². The molecule has 0 radical (unpaired) electrons. The van der Waals surface area contributed by atoms with E-state index in [1.807, 2.05) is 60.7 Å². The molecule has 0 unspecified atom stereocenters. The second-order valence-corrected chi connectivity index (χ2v) is 6.13. The number of aryl methyl sites for hydroxylation is 1. The number of anilines is 2. The average Bonchev–Trinajstić information content (AvgIpc) is 2.73. The molecule has 0 saturated heterocycles. The van der Waals surface area contributed by atoms with Crippen molar-refractivity contribution in [1.29, 1.82) is 0 Å². The Morgan fingerprint density at radius 1 is 1.00 bits per heavy atom. The van der Waals surface area contributed by atoms with E-state index in [-0.39, 0.29) is 5.91 Å². The third kappa shape index (κ3) is 5.57. The van der Waals surface area contributed by atoms with Gasteiger partial charge >= 0.3 is 0 Å². The summed E-state index contributed by atoms with van der Waals surface area (Å²) in [4.78, 5) is 16.4. The molecule has 5 nitrogen and oxygen atoms in total. The number of nitrogens with zero attached hydrogens (tertiary/aromatic N) is 1. The zero-order valence-corrected chi connectivity index (χ0v) is 15.3. The van der Waals surface area contributed by atoms with Crippen LogP contribution in [-0.2, 0) is 17.8 Å². The Balaban J connectivity index is 1.49. The number of benzene rings is 2. The van der Waals surface area contributed by atoms with E-state index in [1.54, 1.807) is 19.4 Å². The van der Waals surface area contributed by atoms with Crippen LogP contribution in [0.3, 0.4) is 0 Å². The van der Waals surface area contributed by atoms with Crippen molar-refractivity contribution in [2.45, 2.75) is 19.4 Å². The smallest absolute Gasteiger partial charge is 0.225 e. The molecule has 0 aliphatic carbocycles. The predicted octanol–water partition coefficient (Wildman–Crippen LogP) is 4.27. The first-order chi connectivity index (χ1) is 13.2. The maximum Gasteiger partial charge on any atom is 0.225 e. The van der Waals surface area contributed by atoms with E-state index in [9.17, 15) is 4.79 Å². The highest BCUT2D eigenvalue weighted by Gasteiger charge is 2.05. The van der Waals surface area contributed by atoms with Gasteiger partial charge in [0.05, 0.1) is 19.0 Å². The Kier molecular flexibility index (Phi) is 6.41.